The Morgan fingerprint density at radius 1 is 1.20 bits per heavy atom. The number of benzene rings is 1. The van der Waals surface area contributed by atoms with E-state index in [0.717, 1.165) is 24.0 Å². The third-order valence-electron chi connectivity index (χ3n) is 4.74. The third-order valence-corrected chi connectivity index (χ3v) is 4.74. The van der Waals surface area contributed by atoms with Crippen LogP contribution in [0.3, 0.4) is 0 Å². The van der Waals surface area contributed by atoms with Crippen LogP contribution in [-0.2, 0) is 11.3 Å². The molecule has 0 aromatic heterocycles. The van der Waals surface area contributed by atoms with Crippen LogP contribution in [0.2, 0.25) is 0 Å². The molecule has 20 heavy (non-hydrogen) atoms. The van der Waals surface area contributed by atoms with Gasteiger partial charge in [0.15, 0.2) is 0 Å². The number of ether oxygens (including phenoxy) is 1. The monoisotopic (exact) mass is 277 g/mol. The average molecular weight is 277 g/mol. The maximum atomic E-state index is 11.0. The Kier molecular flexibility index (Phi) is 5.58. The van der Waals surface area contributed by atoms with Crippen LogP contribution in [0.15, 0.2) is 24.3 Å². The average Bonchev–Trinajstić information content (AvgIpc) is 2.74. The van der Waals surface area contributed by atoms with Gasteiger partial charge < -0.3 is 15.6 Å². The number of methoxy groups -OCH3 is 1. The lowest BCUT2D eigenvalue weighted by atomic mass is 9.72. The predicted octanol–water partition coefficient (Wildman–Crippen LogP) is 3.17. The number of nitrogens with two attached hydrogens (primary N) is 1. The van der Waals surface area contributed by atoms with Gasteiger partial charge in [0.05, 0.1) is 12.7 Å². The zero-order chi connectivity index (χ0) is 14.4. The molecule has 2 rings (SSSR count). The van der Waals surface area contributed by atoms with E-state index < -0.39 is 6.10 Å². The summed E-state index contributed by atoms with van der Waals surface area (Å²) in [4.78, 5) is 0. The summed E-state index contributed by atoms with van der Waals surface area (Å²) in [7, 11) is 1.69. The minimum atomic E-state index is -0.489. The van der Waals surface area contributed by atoms with Crippen LogP contribution in [0.4, 0.5) is 0 Å². The van der Waals surface area contributed by atoms with E-state index in [4.69, 9.17) is 10.5 Å². The smallest absolute Gasteiger partial charge is 0.0861 e. The highest BCUT2D eigenvalue weighted by Crippen LogP contribution is 2.45. The van der Waals surface area contributed by atoms with Gasteiger partial charge in [-0.2, -0.15) is 0 Å². The maximum Gasteiger partial charge on any atom is 0.0861 e. The second kappa shape index (κ2) is 7.21. The normalized spacial score (nSPS) is 20.4. The van der Waals surface area contributed by atoms with Gasteiger partial charge in [0.1, 0.15) is 0 Å². The van der Waals surface area contributed by atoms with Gasteiger partial charge >= 0.3 is 0 Å². The molecule has 1 aliphatic rings. The summed E-state index contributed by atoms with van der Waals surface area (Å²) in [5.41, 5.74) is 7.97. The topological polar surface area (TPSA) is 55.5 Å². The largest absolute Gasteiger partial charge is 0.388 e. The Morgan fingerprint density at radius 3 is 2.45 bits per heavy atom. The van der Waals surface area contributed by atoms with E-state index in [2.05, 4.69) is 0 Å². The first-order chi connectivity index (χ1) is 9.73. The lowest BCUT2D eigenvalue weighted by Crippen LogP contribution is -2.37. The van der Waals surface area contributed by atoms with E-state index in [1.54, 1.807) is 7.11 Å². The van der Waals surface area contributed by atoms with Crippen molar-refractivity contribution in [1.29, 1.82) is 0 Å². The minimum Gasteiger partial charge on any atom is -0.388 e. The quantitative estimate of drug-likeness (QED) is 0.813. The maximum absolute atomic E-state index is 11.0. The number of rotatable bonds is 5. The lowest BCUT2D eigenvalue weighted by molar-refractivity contribution is 0.0149. The highest BCUT2D eigenvalue weighted by Gasteiger charge is 2.38. The van der Waals surface area contributed by atoms with Gasteiger partial charge in [-0.3, -0.25) is 0 Å². The Balaban J connectivity index is 2.29. The summed E-state index contributed by atoms with van der Waals surface area (Å²) in [6.07, 6.45) is 6.40. The number of aliphatic hydroxyl groups excluding tert-OH is 1. The van der Waals surface area contributed by atoms with E-state index in [-0.39, 0.29) is 5.41 Å². The summed E-state index contributed by atoms with van der Waals surface area (Å²) in [6.45, 7) is 1.09. The lowest BCUT2D eigenvalue weighted by Gasteiger charge is -2.37. The van der Waals surface area contributed by atoms with Gasteiger partial charge in [0.2, 0.25) is 0 Å². The molecule has 112 valence electrons. The fourth-order valence-corrected chi connectivity index (χ4v) is 3.44. The molecule has 3 heteroatoms. The second-order valence-electron chi connectivity index (χ2n) is 6.02. The molecule has 0 amide bonds. The fourth-order valence-electron chi connectivity index (χ4n) is 3.44. The van der Waals surface area contributed by atoms with Crippen molar-refractivity contribution in [2.75, 3.05) is 13.7 Å². The van der Waals surface area contributed by atoms with Gasteiger partial charge in [-0.05, 0) is 24.0 Å². The van der Waals surface area contributed by atoms with Crippen LogP contribution >= 0.6 is 0 Å². The molecule has 0 aliphatic heterocycles. The molecule has 0 radical (unpaired) electrons. The van der Waals surface area contributed by atoms with Gasteiger partial charge in [-0.1, -0.05) is 49.9 Å². The summed E-state index contributed by atoms with van der Waals surface area (Å²) >= 11 is 0. The first-order valence-corrected chi connectivity index (χ1v) is 7.68. The van der Waals surface area contributed by atoms with Gasteiger partial charge in [0, 0.05) is 19.1 Å². The molecule has 1 fully saturated rings. The van der Waals surface area contributed by atoms with Crippen molar-refractivity contribution in [2.45, 2.75) is 51.2 Å². The van der Waals surface area contributed by atoms with Crippen LogP contribution in [0.5, 0.6) is 0 Å². The number of hydrogen-bond donors (Lipinski definition) is 2. The summed E-state index contributed by atoms with van der Waals surface area (Å²) in [6, 6.07) is 8.02. The van der Waals surface area contributed by atoms with Crippen LogP contribution in [0.1, 0.15) is 55.8 Å². The van der Waals surface area contributed by atoms with E-state index in [1.165, 1.54) is 25.7 Å². The molecule has 1 aliphatic carbocycles. The molecule has 3 N–H and O–H groups in total. The number of hydrogen-bond acceptors (Lipinski definition) is 3. The van der Waals surface area contributed by atoms with Crippen molar-refractivity contribution in [2.24, 2.45) is 11.1 Å². The molecular weight excluding hydrogens is 250 g/mol. The molecule has 0 saturated heterocycles. The Bertz CT molecular complexity index is 411. The minimum absolute atomic E-state index is 0.166. The zero-order valence-electron chi connectivity index (χ0n) is 12.5. The second-order valence-corrected chi connectivity index (χ2v) is 6.02. The van der Waals surface area contributed by atoms with Crippen molar-refractivity contribution in [3.63, 3.8) is 0 Å². The SMILES string of the molecule is COCc1ccccc1C(O)C1(CN)CCCCCC1. The molecule has 0 bridgehead atoms. The van der Waals surface area contributed by atoms with Crippen LogP contribution in [0, 0.1) is 5.41 Å². The molecule has 3 nitrogen and oxygen atoms in total. The Hall–Kier alpha value is -0.900. The zero-order valence-corrected chi connectivity index (χ0v) is 12.5. The van der Waals surface area contributed by atoms with Gasteiger partial charge in [-0.15, -0.1) is 0 Å². The van der Waals surface area contributed by atoms with Crippen LogP contribution in [-0.4, -0.2) is 18.8 Å². The van der Waals surface area contributed by atoms with Crippen molar-refractivity contribution >= 4 is 0 Å². The number of aliphatic hydroxyl groups is 1. The first-order valence-electron chi connectivity index (χ1n) is 7.68. The van der Waals surface area contributed by atoms with E-state index >= 15 is 0 Å². The molecule has 1 aromatic carbocycles. The molecule has 1 saturated carbocycles. The van der Waals surface area contributed by atoms with E-state index in [9.17, 15) is 5.11 Å². The molecule has 0 spiro atoms. The van der Waals surface area contributed by atoms with Crippen LogP contribution in [0.25, 0.3) is 0 Å². The van der Waals surface area contributed by atoms with Crippen molar-refractivity contribution in [3.05, 3.63) is 35.4 Å². The highest BCUT2D eigenvalue weighted by atomic mass is 16.5. The molecule has 0 heterocycles. The molecule has 1 atom stereocenters. The Morgan fingerprint density at radius 2 is 1.85 bits per heavy atom. The summed E-state index contributed by atoms with van der Waals surface area (Å²) in [5.74, 6) is 0. The Labute approximate surface area is 122 Å². The van der Waals surface area contributed by atoms with E-state index in [1.807, 2.05) is 24.3 Å². The fraction of sp³-hybridized carbons (Fsp3) is 0.647. The van der Waals surface area contributed by atoms with E-state index in [0.29, 0.717) is 13.2 Å². The van der Waals surface area contributed by atoms with Crippen LogP contribution < -0.4 is 5.73 Å². The summed E-state index contributed by atoms with van der Waals surface area (Å²) < 4.78 is 5.25. The first kappa shape index (κ1) is 15.5. The summed E-state index contributed by atoms with van der Waals surface area (Å²) in [5, 5.41) is 11.0. The molecule has 1 aromatic rings. The van der Waals surface area contributed by atoms with Crippen molar-refractivity contribution in [3.8, 4) is 0 Å². The molecular formula is C17H27NO2. The standard InChI is InChI=1S/C17H27NO2/c1-20-12-14-8-4-5-9-15(14)16(19)17(13-18)10-6-2-3-7-11-17/h4-5,8-9,16,19H,2-3,6-7,10-13,18H2,1H3. The van der Waals surface area contributed by atoms with Gasteiger partial charge in [-0.25, -0.2) is 0 Å². The molecule has 1 unspecified atom stereocenters. The third kappa shape index (κ3) is 3.22. The predicted molar refractivity (Wildman–Crippen MR) is 81.3 cm³/mol. The van der Waals surface area contributed by atoms with Gasteiger partial charge in [0.25, 0.3) is 0 Å². The van der Waals surface area contributed by atoms with Crippen molar-refractivity contribution < 1.29 is 9.84 Å². The van der Waals surface area contributed by atoms with Crippen molar-refractivity contribution in [1.82, 2.24) is 0 Å². The highest BCUT2D eigenvalue weighted by molar-refractivity contribution is 5.30.